The highest BCUT2D eigenvalue weighted by Gasteiger charge is 2.28. The number of Topliss-reactive ketones (excluding diaryl/α,β-unsaturated/α-hetero) is 1. The maximum Gasteiger partial charge on any atom is 0.243 e. The molecule has 0 aliphatic carbocycles. The summed E-state index contributed by atoms with van der Waals surface area (Å²) in [4.78, 5) is 34.1. The van der Waals surface area contributed by atoms with Gasteiger partial charge in [-0.3, -0.25) is 9.59 Å². The van der Waals surface area contributed by atoms with Crippen LogP contribution in [0.15, 0.2) is 35.6 Å². The van der Waals surface area contributed by atoms with Gasteiger partial charge in [-0.05, 0) is 19.4 Å². The zero-order chi connectivity index (χ0) is 19.6. The third kappa shape index (κ3) is 4.13. The molecule has 3 aromatic rings. The number of nitrogens with zero attached hydrogens (tertiary/aromatic N) is 6. The number of thioether (sulfide) groups is 1. The molecule has 0 unspecified atom stereocenters. The molecule has 0 saturated heterocycles. The van der Waals surface area contributed by atoms with Crippen LogP contribution in [-0.4, -0.2) is 60.9 Å². The number of carbonyl (C=O) groups excluding carboxylic acids is 2. The molecule has 0 fully saturated rings. The number of amides is 1. The minimum Gasteiger partial charge on any atom is -0.347 e. The summed E-state index contributed by atoms with van der Waals surface area (Å²) in [7, 11) is 3.23. The van der Waals surface area contributed by atoms with Crippen molar-refractivity contribution in [3.8, 4) is 0 Å². The van der Waals surface area contributed by atoms with Gasteiger partial charge in [0.05, 0.1) is 6.54 Å². The monoisotopic (exact) mass is 384 g/mol. The molecule has 0 N–H and O–H groups in total. The van der Waals surface area contributed by atoms with E-state index in [1.165, 1.54) is 23.7 Å². The van der Waals surface area contributed by atoms with E-state index in [1.807, 2.05) is 31.2 Å². The molecule has 27 heavy (non-hydrogen) atoms. The Balaban J connectivity index is 1.92. The minimum absolute atomic E-state index is 0.238. The van der Waals surface area contributed by atoms with Crippen LogP contribution in [0.2, 0.25) is 0 Å². The molecule has 8 nitrogen and oxygen atoms in total. The first-order valence-electron chi connectivity index (χ1n) is 8.35. The molecule has 1 aromatic carbocycles. The second-order valence-corrected chi connectivity index (χ2v) is 7.52. The van der Waals surface area contributed by atoms with Crippen LogP contribution in [0.4, 0.5) is 0 Å². The summed E-state index contributed by atoms with van der Waals surface area (Å²) in [5.74, 6) is -0.524. The molecule has 2 aromatic heterocycles. The SMILES string of the molecule is CC(=O)[C@@H](Sc1ncnc2c1nnn2Cc1ccc(C)cc1)C(=O)N(C)C. The molecule has 1 amide bonds. The molecule has 0 bridgehead atoms. The van der Waals surface area contributed by atoms with Gasteiger partial charge in [0.25, 0.3) is 0 Å². The van der Waals surface area contributed by atoms with Gasteiger partial charge in [-0.15, -0.1) is 5.10 Å². The lowest BCUT2D eigenvalue weighted by Gasteiger charge is -2.17. The van der Waals surface area contributed by atoms with Crippen molar-refractivity contribution in [3.05, 3.63) is 41.7 Å². The van der Waals surface area contributed by atoms with Gasteiger partial charge in [0.2, 0.25) is 5.91 Å². The number of hydrogen-bond acceptors (Lipinski definition) is 7. The molecule has 0 saturated carbocycles. The quantitative estimate of drug-likeness (QED) is 0.363. The first-order valence-corrected chi connectivity index (χ1v) is 9.23. The Bertz CT molecular complexity index is 983. The Morgan fingerprint density at radius 2 is 1.89 bits per heavy atom. The van der Waals surface area contributed by atoms with Crippen LogP contribution in [0.1, 0.15) is 18.1 Å². The third-order valence-corrected chi connectivity index (χ3v) is 5.27. The normalized spacial score (nSPS) is 12.1. The van der Waals surface area contributed by atoms with Crippen molar-refractivity contribution in [1.29, 1.82) is 0 Å². The van der Waals surface area contributed by atoms with Crippen molar-refractivity contribution in [1.82, 2.24) is 29.9 Å². The minimum atomic E-state index is -0.875. The average Bonchev–Trinajstić information content (AvgIpc) is 3.04. The number of rotatable bonds is 6. The van der Waals surface area contributed by atoms with Crippen LogP contribution in [0, 0.1) is 6.92 Å². The molecule has 1 atom stereocenters. The lowest BCUT2D eigenvalue weighted by molar-refractivity contribution is -0.132. The van der Waals surface area contributed by atoms with Gasteiger partial charge >= 0.3 is 0 Å². The van der Waals surface area contributed by atoms with E-state index in [0.717, 1.165) is 17.3 Å². The van der Waals surface area contributed by atoms with Crippen LogP contribution in [0.5, 0.6) is 0 Å². The maximum absolute atomic E-state index is 12.3. The Hall–Kier alpha value is -2.81. The average molecular weight is 384 g/mol. The predicted molar refractivity (Wildman–Crippen MR) is 102 cm³/mol. The van der Waals surface area contributed by atoms with Crippen LogP contribution < -0.4 is 0 Å². The smallest absolute Gasteiger partial charge is 0.243 e. The molecule has 0 radical (unpaired) electrons. The molecular weight excluding hydrogens is 364 g/mol. The summed E-state index contributed by atoms with van der Waals surface area (Å²) in [5.41, 5.74) is 3.30. The van der Waals surface area contributed by atoms with Gasteiger partial charge < -0.3 is 4.90 Å². The van der Waals surface area contributed by atoms with Gasteiger partial charge in [-0.25, -0.2) is 14.6 Å². The molecule has 0 aliphatic rings. The molecule has 0 aliphatic heterocycles. The van der Waals surface area contributed by atoms with Gasteiger partial charge in [0, 0.05) is 14.1 Å². The lowest BCUT2D eigenvalue weighted by Crippen LogP contribution is -2.36. The van der Waals surface area contributed by atoms with Gasteiger partial charge in [0.15, 0.2) is 16.9 Å². The largest absolute Gasteiger partial charge is 0.347 e. The summed E-state index contributed by atoms with van der Waals surface area (Å²) in [6, 6.07) is 8.13. The van der Waals surface area contributed by atoms with Crippen molar-refractivity contribution in [3.63, 3.8) is 0 Å². The van der Waals surface area contributed by atoms with E-state index in [1.54, 1.807) is 18.8 Å². The number of aromatic nitrogens is 5. The summed E-state index contributed by atoms with van der Waals surface area (Å²) in [6.07, 6.45) is 1.40. The zero-order valence-electron chi connectivity index (χ0n) is 15.6. The fourth-order valence-electron chi connectivity index (χ4n) is 2.48. The molecule has 3 rings (SSSR count). The summed E-state index contributed by atoms with van der Waals surface area (Å²) >= 11 is 1.08. The first-order chi connectivity index (χ1) is 12.9. The second-order valence-electron chi connectivity index (χ2n) is 6.42. The van der Waals surface area contributed by atoms with E-state index >= 15 is 0 Å². The second kappa shape index (κ2) is 7.83. The van der Waals surface area contributed by atoms with Crippen LogP contribution >= 0.6 is 11.8 Å². The number of aryl methyl sites for hydroxylation is 1. The Morgan fingerprint density at radius 3 is 2.52 bits per heavy atom. The number of carbonyl (C=O) groups is 2. The van der Waals surface area contributed by atoms with E-state index in [-0.39, 0.29) is 11.7 Å². The highest BCUT2D eigenvalue weighted by Crippen LogP contribution is 2.28. The fraction of sp³-hybridized carbons (Fsp3) is 0.333. The highest BCUT2D eigenvalue weighted by atomic mass is 32.2. The Morgan fingerprint density at radius 1 is 1.19 bits per heavy atom. The first kappa shape index (κ1) is 19.0. The third-order valence-electron chi connectivity index (χ3n) is 3.98. The van der Waals surface area contributed by atoms with E-state index < -0.39 is 5.25 Å². The Kier molecular flexibility index (Phi) is 5.50. The molecule has 9 heteroatoms. The predicted octanol–water partition coefficient (Wildman–Crippen LogP) is 1.72. The number of benzene rings is 1. The molecular formula is C18H20N6O2S. The van der Waals surface area contributed by atoms with Gasteiger partial charge in [-0.2, -0.15) is 0 Å². The summed E-state index contributed by atoms with van der Waals surface area (Å²) in [5, 5.41) is 7.94. The maximum atomic E-state index is 12.3. The van der Waals surface area contributed by atoms with E-state index in [2.05, 4.69) is 20.3 Å². The zero-order valence-corrected chi connectivity index (χ0v) is 16.4. The van der Waals surface area contributed by atoms with Crippen molar-refractivity contribution in [2.45, 2.75) is 30.7 Å². The number of fused-ring (bicyclic) bond motifs is 1. The topological polar surface area (TPSA) is 93.9 Å². The van der Waals surface area contributed by atoms with Crippen molar-refractivity contribution in [2.75, 3.05) is 14.1 Å². The molecule has 2 heterocycles. The van der Waals surface area contributed by atoms with Crippen molar-refractivity contribution in [2.24, 2.45) is 0 Å². The van der Waals surface area contributed by atoms with Gasteiger partial charge in [0.1, 0.15) is 16.6 Å². The number of hydrogen-bond donors (Lipinski definition) is 0. The molecule has 140 valence electrons. The summed E-state index contributed by atoms with van der Waals surface area (Å²) in [6.45, 7) is 3.95. The standard InChI is InChI=1S/C18H20N6O2S/c1-11-5-7-13(8-6-11)9-24-16-14(21-22-24)17(20-10-19-16)27-15(12(2)25)18(26)23(3)4/h5-8,10,15H,9H2,1-4H3/t15-/m1/s1. The van der Waals surface area contributed by atoms with Crippen LogP contribution in [-0.2, 0) is 16.1 Å². The number of ketones is 1. The molecule has 0 spiro atoms. The van der Waals surface area contributed by atoms with E-state index in [9.17, 15) is 9.59 Å². The van der Waals surface area contributed by atoms with Crippen molar-refractivity contribution < 1.29 is 9.59 Å². The van der Waals surface area contributed by atoms with Crippen molar-refractivity contribution >= 4 is 34.6 Å². The van der Waals surface area contributed by atoms with Gasteiger partial charge in [-0.1, -0.05) is 46.8 Å². The Labute approximate surface area is 161 Å². The fourth-order valence-corrected chi connectivity index (χ4v) is 3.54. The lowest BCUT2D eigenvalue weighted by atomic mass is 10.1. The highest BCUT2D eigenvalue weighted by molar-refractivity contribution is 8.01. The van der Waals surface area contributed by atoms with E-state index in [0.29, 0.717) is 22.7 Å². The van der Waals surface area contributed by atoms with Crippen LogP contribution in [0.25, 0.3) is 11.2 Å². The van der Waals surface area contributed by atoms with Crippen LogP contribution in [0.3, 0.4) is 0 Å². The summed E-state index contributed by atoms with van der Waals surface area (Å²) < 4.78 is 1.68. The van der Waals surface area contributed by atoms with E-state index in [4.69, 9.17) is 0 Å².